The number of aromatic amines is 1. The van der Waals surface area contributed by atoms with Gasteiger partial charge in [0.1, 0.15) is 24.7 Å². The van der Waals surface area contributed by atoms with Crippen LogP contribution in [0.25, 0.3) is 0 Å². The average Bonchev–Trinajstić information content (AvgIpc) is 3.09. The van der Waals surface area contributed by atoms with Gasteiger partial charge in [-0.1, -0.05) is 17.3 Å². The minimum atomic E-state index is -0.837. The molecule has 0 spiro atoms. The molecule has 146 valence electrons. The highest BCUT2D eigenvalue weighted by molar-refractivity contribution is 5.64. The highest BCUT2D eigenvalue weighted by Crippen LogP contribution is 2.13. The van der Waals surface area contributed by atoms with Crippen molar-refractivity contribution in [3.05, 3.63) is 74.8 Å². The van der Waals surface area contributed by atoms with Crippen LogP contribution in [-0.2, 0) is 17.8 Å². The molecule has 1 aromatic carbocycles. The Morgan fingerprint density at radius 1 is 1.11 bits per heavy atom. The molecule has 28 heavy (non-hydrogen) atoms. The van der Waals surface area contributed by atoms with Gasteiger partial charge in [0.15, 0.2) is 0 Å². The number of carbonyl (C=O) groups excluding carboxylic acids is 1. The molecule has 0 aliphatic heterocycles. The Bertz CT molecular complexity index is 1050. The maximum absolute atomic E-state index is 11.7. The van der Waals surface area contributed by atoms with Crippen molar-refractivity contribution in [3.8, 4) is 5.75 Å². The van der Waals surface area contributed by atoms with Gasteiger partial charge in [-0.15, -0.1) is 5.10 Å². The third-order valence-electron chi connectivity index (χ3n) is 3.68. The summed E-state index contributed by atoms with van der Waals surface area (Å²) in [6.45, 7) is 0.977. The van der Waals surface area contributed by atoms with E-state index in [2.05, 4.69) is 20.0 Å². The number of hydrogen-bond acceptors (Lipinski definition) is 7. The molecule has 0 fully saturated rings. The van der Waals surface area contributed by atoms with E-state index >= 15 is 0 Å². The number of nitrogens with two attached hydrogens (primary N) is 1. The van der Waals surface area contributed by atoms with E-state index in [9.17, 15) is 14.4 Å². The number of nitrogens with zero attached hydrogens (tertiary/aromatic N) is 4. The van der Waals surface area contributed by atoms with Crippen LogP contribution in [0.15, 0.2) is 52.3 Å². The van der Waals surface area contributed by atoms with Gasteiger partial charge in [-0.2, -0.15) is 0 Å². The summed E-state index contributed by atoms with van der Waals surface area (Å²) in [6.07, 6.45) is 2.30. The first-order valence-electron chi connectivity index (χ1n) is 8.32. The molecule has 11 heteroatoms. The highest BCUT2D eigenvalue weighted by Gasteiger charge is 2.05. The standard InChI is InChI=1S/C17H18N6O5/c18-16(25)28-8-7-27-14-3-1-12(2-4-14)9-23-11-13(20-21-23)10-22-6-5-15(24)19-17(22)26/h1-6,11H,7-10H2,(H2,18,25)(H,19,24,26). The minimum absolute atomic E-state index is 0.0806. The van der Waals surface area contributed by atoms with Crippen molar-refractivity contribution in [2.75, 3.05) is 13.2 Å². The van der Waals surface area contributed by atoms with Crippen LogP contribution in [0.4, 0.5) is 4.79 Å². The largest absolute Gasteiger partial charge is 0.490 e. The lowest BCUT2D eigenvalue weighted by atomic mass is 10.2. The molecule has 3 aromatic rings. The van der Waals surface area contributed by atoms with E-state index < -0.39 is 17.3 Å². The molecule has 0 atom stereocenters. The molecular weight excluding hydrogens is 368 g/mol. The zero-order valence-corrected chi connectivity index (χ0v) is 14.8. The summed E-state index contributed by atoms with van der Waals surface area (Å²) in [5.41, 5.74) is 5.47. The van der Waals surface area contributed by atoms with Gasteiger partial charge in [0.2, 0.25) is 0 Å². The van der Waals surface area contributed by atoms with Crippen LogP contribution in [0.5, 0.6) is 5.75 Å². The molecule has 0 saturated carbocycles. The normalized spacial score (nSPS) is 10.6. The summed E-state index contributed by atoms with van der Waals surface area (Å²) < 4.78 is 13.0. The lowest BCUT2D eigenvalue weighted by Crippen LogP contribution is -2.28. The van der Waals surface area contributed by atoms with Crippen LogP contribution < -0.4 is 21.7 Å². The molecule has 3 N–H and O–H groups in total. The zero-order valence-electron chi connectivity index (χ0n) is 14.8. The maximum atomic E-state index is 11.7. The fourth-order valence-electron chi connectivity index (χ4n) is 2.41. The van der Waals surface area contributed by atoms with Gasteiger partial charge < -0.3 is 15.2 Å². The average molecular weight is 386 g/mol. The third kappa shape index (κ3) is 5.30. The summed E-state index contributed by atoms with van der Waals surface area (Å²) >= 11 is 0. The van der Waals surface area contributed by atoms with Crippen molar-refractivity contribution in [1.29, 1.82) is 0 Å². The lowest BCUT2D eigenvalue weighted by Gasteiger charge is -2.07. The first-order chi connectivity index (χ1) is 13.5. The number of nitrogens with one attached hydrogen (secondary N) is 1. The molecule has 0 radical (unpaired) electrons. The summed E-state index contributed by atoms with van der Waals surface area (Å²) in [4.78, 5) is 35.5. The molecule has 1 amide bonds. The van der Waals surface area contributed by atoms with Crippen molar-refractivity contribution < 1.29 is 14.3 Å². The molecule has 0 aliphatic rings. The van der Waals surface area contributed by atoms with Gasteiger partial charge in [0.25, 0.3) is 5.56 Å². The maximum Gasteiger partial charge on any atom is 0.404 e. The third-order valence-corrected chi connectivity index (χ3v) is 3.68. The Labute approximate surface area is 158 Å². The summed E-state index contributed by atoms with van der Waals surface area (Å²) in [5, 5.41) is 8.08. The first-order valence-corrected chi connectivity index (χ1v) is 8.32. The van der Waals surface area contributed by atoms with Crippen molar-refractivity contribution in [2.45, 2.75) is 13.1 Å². The van der Waals surface area contributed by atoms with Crippen LogP contribution in [0.3, 0.4) is 0 Å². The van der Waals surface area contributed by atoms with E-state index in [0.717, 1.165) is 5.56 Å². The van der Waals surface area contributed by atoms with Crippen molar-refractivity contribution in [2.24, 2.45) is 5.73 Å². The SMILES string of the molecule is NC(=O)OCCOc1ccc(Cn2cc(Cn3ccc(=O)[nH]c3=O)nn2)cc1. The fraction of sp³-hybridized carbons (Fsp3) is 0.235. The Morgan fingerprint density at radius 3 is 2.61 bits per heavy atom. The quantitative estimate of drug-likeness (QED) is 0.505. The number of aromatic nitrogens is 5. The lowest BCUT2D eigenvalue weighted by molar-refractivity contribution is 0.134. The van der Waals surface area contributed by atoms with Crippen LogP contribution in [0, 0.1) is 0 Å². The number of primary amides is 1. The van der Waals surface area contributed by atoms with Gasteiger partial charge in [0.05, 0.1) is 19.3 Å². The summed E-state index contributed by atoms with van der Waals surface area (Å²) in [6, 6.07) is 8.60. The Kier molecular flexibility index (Phi) is 5.84. The molecule has 11 nitrogen and oxygen atoms in total. The molecule has 0 saturated heterocycles. The van der Waals surface area contributed by atoms with E-state index in [1.165, 1.54) is 16.8 Å². The minimum Gasteiger partial charge on any atom is -0.490 e. The molecular formula is C17H18N6O5. The van der Waals surface area contributed by atoms with Gasteiger partial charge in [-0.25, -0.2) is 14.3 Å². The molecule has 3 rings (SSSR count). The van der Waals surface area contributed by atoms with Gasteiger partial charge in [-0.3, -0.25) is 14.3 Å². The van der Waals surface area contributed by atoms with E-state index in [-0.39, 0.29) is 19.8 Å². The number of amides is 1. The number of rotatable bonds is 8. The Morgan fingerprint density at radius 2 is 1.89 bits per heavy atom. The van der Waals surface area contributed by atoms with Gasteiger partial charge in [0, 0.05) is 12.3 Å². The van der Waals surface area contributed by atoms with Crippen LogP contribution in [0.2, 0.25) is 0 Å². The molecule has 0 aliphatic carbocycles. The van der Waals surface area contributed by atoms with Gasteiger partial charge in [-0.05, 0) is 17.7 Å². The van der Waals surface area contributed by atoms with E-state index in [0.29, 0.717) is 18.0 Å². The smallest absolute Gasteiger partial charge is 0.404 e. The number of H-pyrrole nitrogens is 1. The molecule has 2 aromatic heterocycles. The van der Waals surface area contributed by atoms with Crippen LogP contribution in [-0.4, -0.2) is 43.9 Å². The molecule has 0 unspecified atom stereocenters. The second-order valence-corrected chi connectivity index (χ2v) is 5.81. The van der Waals surface area contributed by atoms with Gasteiger partial charge >= 0.3 is 11.8 Å². The fourth-order valence-corrected chi connectivity index (χ4v) is 2.41. The number of carbonyl (C=O) groups is 1. The van der Waals surface area contributed by atoms with Crippen LogP contribution in [0.1, 0.15) is 11.3 Å². The number of benzene rings is 1. The Balaban J connectivity index is 1.55. The van der Waals surface area contributed by atoms with Crippen molar-refractivity contribution >= 4 is 6.09 Å². The highest BCUT2D eigenvalue weighted by atomic mass is 16.6. The summed E-state index contributed by atoms with van der Waals surface area (Å²) in [5.74, 6) is 0.633. The molecule has 2 heterocycles. The van der Waals surface area contributed by atoms with E-state index in [1.807, 2.05) is 12.1 Å². The van der Waals surface area contributed by atoms with Crippen molar-refractivity contribution in [1.82, 2.24) is 24.5 Å². The Hall–Kier alpha value is -3.89. The van der Waals surface area contributed by atoms with Crippen LogP contribution >= 0.6 is 0 Å². The monoisotopic (exact) mass is 386 g/mol. The number of hydrogen-bond donors (Lipinski definition) is 2. The van der Waals surface area contributed by atoms with E-state index in [1.54, 1.807) is 23.0 Å². The molecule has 0 bridgehead atoms. The summed E-state index contributed by atoms with van der Waals surface area (Å²) in [7, 11) is 0. The number of ether oxygens (including phenoxy) is 2. The zero-order chi connectivity index (χ0) is 19.9. The first kappa shape index (κ1) is 18.9. The topological polar surface area (TPSA) is 147 Å². The van der Waals surface area contributed by atoms with Crippen molar-refractivity contribution in [3.63, 3.8) is 0 Å². The predicted molar refractivity (Wildman–Crippen MR) is 97.0 cm³/mol. The second kappa shape index (κ2) is 8.66. The predicted octanol–water partition coefficient (Wildman–Crippen LogP) is -0.301. The second-order valence-electron chi connectivity index (χ2n) is 5.81. The van der Waals surface area contributed by atoms with E-state index in [4.69, 9.17) is 10.5 Å².